The predicted molar refractivity (Wildman–Crippen MR) is 170 cm³/mol. The molecule has 0 bridgehead atoms. The number of aryl methyl sites for hydroxylation is 1. The van der Waals surface area contributed by atoms with E-state index in [4.69, 9.17) is 9.47 Å². The van der Waals surface area contributed by atoms with Crippen LogP contribution < -0.4 is 9.46 Å². The first-order chi connectivity index (χ1) is 20.7. The van der Waals surface area contributed by atoms with E-state index in [9.17, 15) is 18.0 Å². The van der Waals surface area contributed by atoms with E-state index in [1.807, 2.05) is 13.8 Å². The van der Waals surface area contributed by atoms with Crippen LogP contribution in [0.5, 0.6) is 5.75 Å². The molecule has 1 amide bonds. The number of Topliss-reactive ketones (excluding diaryl/α,β-unsaturated/α-hetero) is 1. The van der Waals surface area contributed by atoms with Gasteiger partial charge in [0.25, 0.3) is 10.0 Å². The summed E-state index contributed by atoms with van der Waals surface area (Å²) in [5.74, 6) is 4.96. The SMILES string of the molecule is CC[C@H]1C[C@H]2C3CC[C@H]([C@H](C)COC(=O)NS(=O)(=O)c4ccc5c(c4)CCC(C)(C)O5)[C@@]3(C)CC[C@@H]2[C@@]2(C)CCC(=O)C[C@@H]12. The molecule has 1 heterocycles. The third-order valence-electron chi connectivity index (χ3n) is 13.4. The lowest BCUT2D eigenvalue weighted by molar-refractivity contribution is -0.152. The first-order valence-corrected chi connectivity index (χ1v) is 18.7. The molecule has 1 unspecified atom stereocenters. The maximum atomic E-state index is 13.1. The molecule has 4 fully saturated rings. The number of amides is 1. The number of ether oxygens (including phenoxy) is 2. The topological polar surface area (TPSA) is 98.8 Å². The average molecular weight is 628 g/mol. The van der Waals surface area contributed by atoms with Crippen LogP contribution in [0.3, 0.4) is 0 Å². The van der Waals surface area contributed by atoms with Crippen LogP contribution in [0, 0.1) is 52.3 Å². The number of carbonyl (C=O) groups excluding carboxylic acids is 2. The molecule has 44 heavy (non-hydrogen) atoms. The highest BCUT2D eigenvalue weighted by atomic mass is 32.2. The van der Waals surface area contributed by atoms with E-state index in [-0.39, 0.29) is 33.9 Å². The number of nitrogens with one attached hydrogen (secondary N) is 1. The summed E-state index contributed by atoms with van der Waals surface area (Å²) in [6, 6.07) is 4.75. The minimum Gasteiger partial charge on any atom is -0.488 e. The van der Waals surface area contributed by atoms with Gasteiger partial charge in [0.15, 0.2) is 0 Å². The zero-order valence-electron chi connectivity index (χ0n) is 27.6. The summed E-state index contributed by atoms with van der Waals surface area (Å²) in [4.78, 5) is 25.3. The lowest BCUT2D eigenvalue weighted by atomic mass is 9.42. The van der Waals surface area contributed by atoms with Gasteiger partial charge in [-0.25, -0.2) is 17.9 Å². The van der Waals surface area contributed by atoms with E-state index in [0.29, 0.717) is 47.0 Å². The largest absolute Gasteiger partial charge is 0.488 e. The van der Waals surface area contributed by atoms with Gasteiger partial charge in [0.05, 0.1) is 11.5 Å². The summed E-state index contributed by atoms with van der Waals surface area (Å²) in [5.41, 5.74) is 1.02. The first kappa shape index (κ1) is 31.9. The van der Waals surface area contributed by atoms with E-state index in [0.717, 1.165) is 50.5 Å². The van der Waals surface area contributed by atoms with E-state index >= 15 is 0 Å². The number of ketones is 1. The lowest BCUT2D eigenvalue weighted by Crippen LogP contribution is -2.56. The Labute approximate surface area is 264 Å². The normalized spacial score (nSPS) is 38.3. The van der Waals surface area contributed by atoms with Crippen molar-refractivity contribution in [2.24, 2.45) is 52.3 Å². The summed E-state index contributed by atoms with van der Waals surface area (Å²) in [7, 11) is -4.06. The Hall–Kier alpha value is -2.09. The number of hydrogen-bond acceptors (Lipinski definition) is 6. The first-order valence-electron chi connectivity index (χ1n) is 17.2. The molecule has 8 heteroatoms. The van der Waals surface area contributed by atoms with Crippen molar-refractivity contribution in [3.8, 4) is 5.75 Å². The molecule has 0 spiro atoms. The van der Waals surface area contributed by atoms with E-state index < -0.39 is 16.1 Å². The zero-order chi connectivity index (χ0) is 31.7. The van der Waals surface area contributed by atoms with Gasteiger partial charge in [-0.05, 0) is 141 Å². The fraction of sp³-hybridized carbons (Fsp3) is 0.778. The Kier molecular flexibility index (Phi) is 8.19. The van der Waals surface area contributed by atoms with Crippen LogP contribution in [0.1, 0.15) is 111 Å². The quantitative estimate of drug-likeness (QED) is 0.347. The Bertz CT molecular complexity index is 1400. The van der Waals surface area contributed by atoms with Crippen molar-refractivity contribution in [2.45, 2.75) is 123 Å². The zero-order valence-corrected chi connectivity index (χ0v) is 28.4. The second-order valence-corrected chi connectivity index (χ2v) is 17.9. The molecule has 1 N–H and O–H groups in total. The Balaban J connectivity index is 1.08. The van der Waals surface area contributed by atoms with Crippen molar-refractivity contribution in [3.63, 3.8) is 0 Å². The standard InChI is InChI=1S/C36H53NO6S/c1-7-23-19-27-29-10-9-28(35(29,5)17-14-30(27)36(6)16-13-25(38)20-31(23)36)22(2)21-42-33(39)37-44(40,41)26-8-11-32-24(18-26)12-15-34(3,4)43-32/h8,11,18,22-23,27-31H,7,9-10,12-17,19-21H2,1-6H3,(H,37,39)/t22-,23+,27+,28-,29?,30+,31+,35-,36-/m1/s1. The van der Waals surface area contributed by atoms with Crippen molar-refractivity contribution in [2.75, 3.05) is 6.61 Å². The monoisotopic (exact) mass is 627 g/mol. The van der Waals surface area contributed by atoms with Gasteiger partial charge in [0.1, 0.15) is 17.1 Å². The summed E-state index contributed by atoms with van der Waals surface area (Å²) < 4.78 is 39.8. The summed E-state index contributed by atoms with van der Waals surface area (Å²) >= 11 is 0. The number of carbonyl (C=O) groups is 2. The van der Waals surface area contributed by atoms with Gasteiger partial charge >= 0.3 is 6.09 Å². The van der Waals surface area contributed by atoms with Crippen molar-refractivity contribution in [3.05, 3.63) is 23.8 Å². The Morgan fingerprint density at radius 2 is 1.77 bits per heavy atom. The third-order valence-corrected chi connectivity index (χ3v) is 14.7. The second kappa shape index (κ2) is 11.3. The Morgan fingerprint density at radius 3 is 2.52 bits per heavy atom. The number of hydrogen-bond donors (Lipinski definition) is 1. The molecule has 6 rings (SSSR count). The average Bonchev–Trinajstić information content (AvgIpc) is 3.32. The Morgan fingerprint density at radius 1 is 1.02 bits per heavy atom. The lowest BCUT2D eigenvalue weighted by Gasteiger charge is -2.62. The predicted octanol–water partition coefficient (Wildman–Crippen LogP) is 7.71. The minimum absolute atomic E-state index is 0.0450. The number of benzene rings is 1. The van der Waals surface area contributed by atoms with Gasteiger partial charge in [-0.2, -0.15) is 0 Å². The van der Waals surface area contributed by atoms with Gasteiger partial charge in [0, 0.05) is 12.8 Å². The number of rotatable bonds is 6. The van der Waals surface area contributed by atoms with Gasteiger partial charge in [-0.15, -0.1) is 0 Å². The fourth-order valence-electron chi connectivity index (χ4n) is 11.0. The van der Waals surface area contributed by atoms with Crippen molar-refractivity contribution in [1.29, 1.82) is 0 Å². The van der Waals surface area contributed by atoms with E-state index in [2.05, 4.69) is 32.4 Å². The summed E-state index contributed by atoms with van der Waals surface area (Å²) in [6.07, 6.45) is 10.3. The number of fused-ring (bicyclic) bond motifs is 6. The molecule has 1 aliphatic heterocycles. The van der Waals surface area contributed by atoms with E-state index in [1.165, 1.54) is 31.7 Å². The molecule has 9 atom stereocenters. The van der Waals surface area contributed by atoms with E-state index in [1.54, 1.807) is 12.1 Å². The maximum Gasteiger partial charge on any atom is 0.421 e. The van der Waals surface area contributed by atoms with Crippen molar-refractivity contribution >= 4 is 21.9 Å². The highest BCUT2D eigenvalue weighted by Gasteiger charge is 2.62. The molecule has 1 aromatic rings. The van der Waals surface area contributed by atoms with Gasteiger partial charge in [-0.1, -0.05) is 34.1 Å². The fourth-order valence-corrected chi connectivity index (χ4v) is 12.0. The van der Waals surface area contributed by atoms with Gasteiger partial charge < -0.3 is 9.47 Å². The van der Waals surface area contributed by atoms with Crippen LogP contribution in [-0.2, 0) is 26.0 Å². The van der Waals surface area contributed by atoms with Crippen LogP contribution in [0.25, 0.3) is 0 Å². The molecule has 0 radical (unpaired) electrons. The van der Waals surface area contributed by atoms with Gasteiger partial charge in [-0.3, -0.25) is 4.79 Å². The van der Waals surface area contributed by atoms with Gasteiger partial charge in [0.2, 0.25) is 0 Å². The third kappa shape index (κ3) is 5.49. The molecule has 0 saturated heterocycles. The molecule has 5 aliphatic rings. The molecule has 244 valence electrons. The van der Waals surface area contributed by atoms with Crippen LogP contribution in [-0.4, -0.2) is 32.5 Å². The molecule has 1 aromatic carbocycles. The molecule has 4 aliphatic carbocycles. The van der Waals surface area contributed by atoms with Crippen LogP contribution >= 0.6 is 0 Å². The maximum absolute atomic E-state index is 13.1. The van der Waals surface area contributed by atoms with Crippen molar-refractivity contribution < 1.29 is 27.5 Å². The number of sulfonamides is 1. The van der Waals surface area contributed by atoms with Crippen LogP contribution in [0.15, 0.2) is 23.1 Å². The smallest absolute Gasteiger partial charge is 0.421 e. The molecule has 0 aromatic heterocycles. The molecule has 4 saturated carbocycles. The second-order valence-electron chi connectivity index (χ2n) is 16.2. The molecular weight excluding hydrogens is 574 g/mol. The van der Waals surface area contributed by atoms with Crippen LogP contribution in [0.4, 0.5) is 4.79 Å². The highest BCUT2D eigenvalue weighted by molar-refractivity contribution is 7.90. The minimum atomic E-state index is -4.06. The summed E-state index contributed by atoms with van der Waals surface area (Å²) in [6.45, 7) is 13.7. The summed E-state index contributed by atoms with van der Waals surface area (Å²) in [5, 5.41) is 0. The molecule has 7 nitrogen and oxygen atoms in total. The highest BCUT2D eigenvalue weighted by Crippen LogP contribution is 2.69. The van der Waals surface area contributed by atoms with Crippen molar-refractivity contribution in [1.82, 2.24) is 4.72 Å². The van der Waals surface area contributed by atoms with Crippen LogP contribution in [0.2, 0.25) is 0 Å². The molecular formula is C36H53NO6S.